The summed E-state index contributed by atoms with van der Waals surface area (Å²) in [6.45, 7) is 7.45. The lowest BCUT2D eigenvalue weighted by atomic mass is 9.75. The van der Waals surface area contributed by atoms with Gasteiger partial charge in [0.25, 0.3) is 11.8 Å². The number of carbonyl (C=O) groups is 3. The lowest BCUT2D eigenvalue weighted by Gasteiger charge is -2.43. The van der Waals surface area contributed by atoms with Crippen LogP contribution in [0.15, 0.2) is 24.3 Å². The Kier molecular flexibility index (Phi) is 8.88. The van der Waals surface area contributed by atoms with Gasteiger partial charge in [-0.05, 0) is 61.3 Å². The normalized spacial score (nSPS) is 25.2. The Hall–Kier alpha value is -2.68. The van der Waals surface area contributed by atoms with Gasteiger partial charge in [-0.15, -0.1) is 0 Å². The van der Waals surface area contributed by atoms with E-state index in [9.17, 15) is 18.8 Å². The van der Waals surface area contributed by atoms with Gasteiger partial charge in [-0.3, -0.25) is 14.5 Å². The molecule has 3 rings (SSSR count). The van der Waals surface area contributed by atoms with Crippen LogP contribution < -0.4 is 11.1 Å². The average molecular weight is 477 g/mol. The maximum absolute atomic E-state index is 13.4. The number of carbonyl (C=O) groups excluding carboxylic acids is 3. The molecule has 1 aliphatic heterocycles. The van der Waals surface area contributed by atoms with Crippen molar-refractivity contribution in [1.29, 1.82) is 0 Å². The van der Waals surface area contributed by atoms with E-state index in [4.69, 9.17) is 10.5 Å². The van der Waals surface area contributed by atoms with Gasteiger partial charge in [0.15, 0.2) is 6.17 Å². The number of hydrogen-bond donors (Lipinski definition) is 2. The SMILES string of the molecule is CC1CCC(C(C)C)C(OC(=O)N2CCCN(C(=O)c3ccc(F)cc3)C2C(=O)NCCN)C1. The summed E-state index contributed by atoms with van der Waals surface area (Å²) in [5.41, 5.74) is 5.79. The van der Waals surface area contributed by atoms with Crippen molar-refractivity contribution in [2.24, 2.45) is 23.5 Å². The Labute approximate surface area is 201 Å². The standard InChI is InChI=1S/C25H37FN4O4/c1-16(2)20-10-5-17(3)15-21(20)34-25(33)30-14-4-13-29(23(30)22(31)28-12-11-27)24(32)18-6-8-19(26)9-7-18/h6-9,16-17,20-21,23H,4-5,10-15,27H2,1-3H3,(H,28,31). The molecule has 2 fully saturated rings. The molecule has 1 aromatic rings. The van der Waals surface area contributed by atoms with Crippen molar-refractivity contribution in [2.75, 3.05) is 26.2 Å². The number of nitrogens with zero attached hydrogens (tertiary/aromatic N) is 2. The van der Waals surface area contributed by atoms with Gasteiger partial charge in [0.2, 0.25) is 0 Å². The van der Waals surface area contributed by atoms with Crippen LogP contribution >= 0.6 is 0 Å². The fourth-order valence-electron chi connectivity index (χ4n) is 5.00. The molecular formula is C25H37FN4O4. The second-order valence-corrected chi connectivity index (χ2v) is 9.75. The molecule has 1 saturated carbocycles. The van der Waals surface area contributed by atoms with Crippen molar-refractivity contribution in [2.45, 2.75) is 58.7 Å². The third-order valence-electron chi connectivity index (χ3n) is 6.87. The molecule has 0 bridgehead atoms. The molecule has 3 N–H and O–H groups in total. The van der Waals surface area contributed by atoms with Crippen molar-refractivity contribution in [1.82, 2.24) is 15.1 Å². The van der Waals surface area contributed by atoms with Gasteiger partial charge in [-0.2, -0.15) is 0 Å². The molecule has 3 amide bonds. The maximum Gasteiger partial charge on any atom is 0.412 e. The van der Waals surface area contributed by atoms with E-state index >= 15 is 0 Å². The number of rotatable bonds is 6. The average Bonchev–Trinajstić information content (AvgIpc) is 2.81. The Morgan fingerprint density at radius 3 is 2.47 bits per heavy atom. The van der Waals surface area contributed by atoms with Crippen molar-refractivity contribution in [3.63, 3.8) is 0 Å². The van der Waals surface area contributed by atoms with Crippen LogP contribution in [0.25, 0.3) is 0 Å². The van der Waals surface area contributed by atoms with Crippen molar-refractivity contribution in [3.05, 3.63) is 35.6 Å². The number of nitrogens with two attached hydrogens (primary N) is 1. The van der Waals surface area contributed by atoms with Gasteiger partial charge in [0.05, 0.1) is 0 Å². The highest BCUT2D eigenvalue weighted by Crippen LogP contribution is 2.36. The van der Waals surface area contributed by atoms with E-state index in [1.165, 1.54) is 34.1 Å². The molecular weight excluding hydrogens is 439 g/mol. The minimum absolute atomic E-state index is 0.215. The van der Waals surface area contributed by atoms with E-state index in [1.54, 1.807) is 0 Å². The smallest absolute Gasteiger partial charge is 0.412 e. The summed E-state index contributed by atoms with van der Waals surface area (Å²) in [7, 11) is 0. The highest BCUT2D eigenvalue weighted by Gasteiger charge is 2.43. The Balaban J connectivity index is 1.84. The highest BCUT2D eigenvalue weighted by molar-refractivity contribution is 5.98. The van der Waals surface area contributed by atoms with E-state index in [0.717, 1.165) is 19.3 Å². The Morgan fingerprint density at radius 2 is 1.82 bits per heavy atom. The first-order chi connectivity index (χ1) is 16.2. The van der Waals surface area contributed by atoms with Crippen molar-refractivity contribution >= 4 is 17.9 Å². The van der Waals surface area contributed by atoms with Gasteiger partial charge >= 0.3 is 6.09 Å². The van der Waals surface area contributed by atoms with E-state index in [0.29, 0.717) is 24.8 Å². The highest BCUT2D eigenvalue weighted by atomic mass is 19.1. The fraction of sp³-hybridized carbons (Fsp3) is 0.640. The van der Waals surface area contributed by atoms with Crippen LogP contribution in [-0.4, -0.2) is 66.2 Å². The molecule has 1 aliphatic carbocycles. The molecule has 1 aromatic carbocycles. The molecule has 4 unspecified atom stereocenters. The van der Waals surface area contributed by atoms with Crippen LogP contribution in [0, 0.1) is 23.6 Å². The largest absolute Gasteiger partial charge is 0.446 e. The summed E-state index contributed by atoms with van der Waals surface area (Å²) in [6, 6.07) is 5.15. The lowest BCUT2D eigenvalue weighted by Crippen LogP contribution is -2.64. The Bertz CT molecular complexity index is 863. The van der Waals surface area contributed by atoms with Crippen LogP contribution in [0.1, 0.15) is 56.8 Å². The second-order valence-electron chi connectivity index (χ2n) is 9.75. The first kappa shape index (κ1) is 25.9. The number of halogens is 1. The third-order valence-corrected chi connectivity index (χ3v) is 6.87. The second kappa shape index (κ2) is 11.6. The predicted octanol–water partition coefficient (Wildman–Crippen LogP) is 2.97. The number of benzene rings is 1. The number of nitrogens with one attached hydrogen (secondary N) is 1. The lowest BCUT2D eigenvalue weighted by molar-refractivity contribution is -0.134. The number of ether oxygens (including phenoxy) is 1. The summed E-state index contributed by atoms with van der Waals surface area (Å²) in [6.07, 6.45) is 1.39. The number of hydrogen-bond acceptors (Lipinski definition) is 5. The fourth-order valence-corrected chi connectivity index (χ4v) is 5.00. The quantitative estimate of drug-likeness (QED) is 0.657. The topological polar surface area (TPSA) is 105 Å². The summed E-state index contributed by atoms with van der Waals surface area (Å²) < 4.78 is 19.4. The van der Waals surface area contributed by atoms with E-state index in [1.807, 2.05) is 0 Å². The van der Waals surface area contributed by atoms with Crippen LogP contribution in [0.2, 0.25) is 0 Å². The van der Waals surface area contributed by atoms with Crippen molar-refractivity contribution in [3.8, 4) is 0 Å². The predicted molar refractivity (Wildman–Crippen MR) is 126 cm³/mol. The van der Waals surface area contributed by atoms with Crippen LogP contribution in [0.5, 0.6) is 0 Å². The Morgan fingerprint density at radius 1 is 1.15 bits per heavy atom. The van der Waals surface area contributed by atoms with Crippen LogP contribution in [0.4, 0.5) is 9.18 Å². The molecule has 188 valence electrons. The molecule has 4 atom stereocenters. The summed E-state index contributed by atoms with van der Waals surface area (Å²) in [5.74, 6) is -0.321. The molecule has 2 aliphatic rings. The molecule has 1 heterocycles. The first-order valence-corrected chi connectivity index (χ1v) is 12.2. The summed E-state index contributed by atoms with van der Waals surface area (Å²) in [5, 5.41) is 2.70. The number of amides is 3. The van der Waals surface area contributed by atoms with Gasteiger partial charge < -0.3 is 20.7 Å². The van der Waals surface area contributed by atoms with E-state index < -0.39 is 29.9 Å². The minimum Gasteiger partial charge on any atom is -0.446 e. The monoisotopic (exact) mass is 476 g/mol. The third kappa shape index (κ3) is 6.05. The van der Waals surface area contributed by atoms with Gasteiger partial charge in [0, 0.05) is 31.7 Å². The zero-order valence-electron chi connectivity index (χ0n) is 20.3. The van der Waals surface area contributed by atoms with Crippen LogP contribution in [-0.2, 0) is 9.53 Å². The zero-order valence-corrected chi connectivity index (χ0v) is 20.3. The van der Waals surface area contributed by atoms with Gasteiger partial charge in [-0.25, -0.2) is 9.18 Å². The van der Waals surface area contributed by atoms with Crippen LogP contribution in [0.3, 0.4) is 0 Å². The van der Waals surface area contributed by atoms with Crippen molar-refractivity contribution < 1.29 is 23.5 Å². The molecule has 0 radical (unpaired) electrons. The minimum atomic E-state index is -1.16. The van der Waals surface area contributed by atoms with E-state index in [-0.39, 0.29) is 37.2 Å². The maximum atomic E-state index is 13.4. The summed E-state index contributed by atoms with van der Waals surface area (Å²) >= 11 is 0. The molecule has 9 heteroatoms. The molecule has 0 spiro atoms. The first-order valence-electron chi connectivity index (χ1n) is 12.2. The zero-order chi connectivity index (χ0) is 24.8. The van der Waals surface area contributed by atoms with Gasteiger partial charge in [-0.1, -0.05) is 27.2 Å². The van der Waals surface area contributed by atoms with Gasteiger partial charge in [0.1, 0.15) is 11.9 Å². The molecule has 8 nitrogen and oxygen atoms in total. The molecule has 34 heavy (non-hydrogen) atoms. The summed E-state index contributed by atoms with van der Waals surface area (Å²) in [4.78, 5) is 42.5. The molecule has 0 aromatic heterocycles. The van der Waals surface area contributed by atoms with E-state index in [2.05, 4.69) is 26.1 Å². The molecule has 1 saturated heterocycles.